The van der Waals surface area contributed by atoms with Gasteiger partial charge < -0.3 is 4.74 Å². The molecule has 3 aromatic carbocycles. The van der Waals surface area contributed by atoms with Gasteiger partial charge in [0.2, 0.25) is 0 Å². The maximum atomic E-state index is 13.4. The number of nitrogens with zero attached hydrogens (tertiary/aromatic N) is 2. The average Bonchev–Trinajstić information content (AvgIpc) is 2.86. The summed E-state index contributed by atoms with van der Waals surface area (Å²) < 4.78 is 32.7. The fraction of sp³-hybridized carbons (Fsp3) is 0.0870. The first kappa shape index (κ1) is 24.3. The highest BCUT2D eigenvalue weighted by Crippen LogP contribution is 2.29. The summed E-state index contributed by atoms with van der Waals surface area (Å²) in [6.45, 7) is 3.21. The lowest BCUT2D eigenvalue weighted by atomic mass is 10.2. The number of carbonyl (C=O) groups excluding carboxylic acids is 1. The van der Waals surface area contributed by atoms with Crippen molar-refractivity contribution < 1.29 is 22.9 Å². The lowest BCUT2D eigenvalue weighted by Crippen LogP contribution is -2.45. The van der Waals surface area contributed by atoms with Crippen LogP contribution >= 0.6 is 0 Å². The van der Waals surface area contributed by atoms with Crippen LogP contribution in [0.3, 0.4) is 0 Å². The molecule has 0 fully saturated rings. The van der Waals surface area contributed by atoms with Crippen LogP contribution in [0.1, 0.15) is 5.56 Å². The Hall–Kier alpha value is -4.38. The number of nitro benzene ring substituents is 1. The Bertz CT molecular complexity index is 1290. The summed E-state index contributed by atoms with van der Waals surface area (Å²) in [4.78, 5) is 22.8. The van der Waals surface area contributed by atoms with Gasteiger partial charge in [0.05, 0.1) is 23.4 Å². The van der Waals surface area contributed by atoms with Gasteiger partial charge in [-0.1, -0.05) is 36.9 Å². The van der Waals surface area contributed by atoms with Gasteiger partial charge in [-0.15, -0.1) is 0 Å². The van der Waals surface area contributed by atoms with Gasteiger partial charge in [0.25, 0.3) is 21.6 Å². The minimum absolute atomic E-state index is 0.171. The van der Waals surface area contributed by atoms with Crippen LogP contribution in [0.2, 0.25) is 0 Å². The maximum Gasteiger partial charge on any atom is 0.289 e. The molecule has 0 unspecified atom stereocenters. The van der Waals surface area contributed by atoms with E-state index in [2.05, 4.69) is 17.4 Å². The standard InChI is InChI=1S/C23H22N4O6S/c1-17(18-12-14-20(33-2)15-13-18)24-25-23(28)16-26(19-8-4-3-5-9-19)34(31,32)22-11-7-6-10-21(22)27(29)30/h3-15,24H,1,16H2,2H3,(H,25,28). The quantitative estimate of drug-likeness (QED) is 0.335. The van der Waals surface area contributed by atoms with Crippen LogP contribution in [0.25, 0.3) is 5.70 Å². The molecular weight excluding hydrogens is 460 g/mol. The minimum Gasteiger partial charge on any atom is -0.497 e. The Morgan fingerprint density at radius 2 is 1.62 bits per heavy atom. The van der Waals surface area contributed by atoms with E-state index in [1.165, 1.54) is 24.3 Å². The molecular formula is C23H22N4O6S. The van der Waals surface area contributed by atoms with E-state index >= 15 is 0 Å². The van der Waals surface area contributed by atoms with Crippen molar-refractivity contribution in [1.82, 2.24) is 10.9 Å². The number of anilines is 1. The Kier molecular flexibility index (Phi) is 7.49. The summed E-state index contributed by atoms with van der Waals surface area (Å²) in [7, 11) is -2.92. The molecule has 0 heterocycles. The number of hydrogen-bond donors (Lipinski definition) is 2. The fourth-order valence-electron chi connectivity index (χ4n) is 3.03. The van der Waals surface area contributed by atoms with Crippen LogP contribution in [0.15, 0.2) is 90.3 Å². The molecule has 0 radical (unpaired) electrons. The number of hydrazine groups is 1. The van der Waals surface area contributed by atoms with E-state index < -0.39 is 38.0 Å². The molecule has 0 aliphatic heterocycles. The van der Waals surface area contributed by atoms with E-state index in [9.17, 15) is 23.3 Å². The fourth-order valence-corrected chi connectivity index (χ4v) is 4.61. The van der Waals surface area contributed by atoms with Gasteiger partial charge in [-0.05, 0) is 48.0 Å². The Balaban J connectivity index is 1.82. The molecule has 3 aromatic rings. The third-order valence-electron chi connectivity index (χ3n) is 4.75. The highest BCUT2D eigenvalue weighted by Gasteiger charge is 2.33. The summed E-state index contributed by atoms with van der Waals surface area (Å²) in [6, 6.07) is 19.7. The molecule has 176 valence electrons. The molecule has 0 atom stereocenters. The maximum absolute atomic E-state index is 13.4. The second-order valence-electron chi connectivity index (χ2n) is 6.95. The van der Waals surface area contributed by atoms with Crippen molar-refractivity contribution in [3.8, 4) is 5.75 Å². The number of rotatable bonds is 10. The summed E-state index contributed by atoms with van der Waals surface area (Å²) >= 11 is 0. The van der Waals surface area contributed by atoms with Gasteiger partial charge in [0, 0.05) is 6.07 Å². The largest absolute Gasteiger partial charge is 0.497 e. The van der Waals surface area contributed by atoms with E-state index in [0.717, 1.165) is 16.4 Å². The summed E-state index contributed by atoms with van der Waals surface area (Å²) in [6.07, 6.45) is 0. The lowest BCUT2D eigenvalue weighted by molar-refractivity contribution is -0.387. The number of sulfonamides is 1. The van der Waals surface area contributed by atoms with E-state index in [0.29, 0.717) is 17.0 Å². The van der Waals surface area contributed by atoms with Crippen molar-refractivity contribution >= 4 is 33.0 Å². The van der Waals surface area contributed by atoms with Crippen LogP contribution in [0, 0.1) is 10.1 Å². The predicted octanol–water partition coefficient (Wildman–Crippen LogP) is 3.09. The summed E-state index contributed by atoms with van der Waals surface area (Å²) in [5.74, 6) is -0.0556. The van der Waals surface area contributed by atoms with E-state index in [1.807, 2.05) is 0 Å². The number of para-hydroxylation sites is 2. The van der Waals surface area contributed by atoms with Crippen LogP contribution in [-0.2, 0) is 14.8 Å². The zero-order valence-corrected chi connectivity index (χ0v) is 19.0. The van der Waals surface area contributed by atoms with Gasteiger partial charge >= 0.3 is 0 Å². The molecule has 0 saturated heterocycles. The highest BCUT2D eigenvalue weighted by molar-refractivity contribution is 7.93. The topological polar surface area (TPSA) is 131 Å². The average molecular weight is 483 g/mol. The van der Waals surface area contributed by atoms with E-state index in [-0.39, 0.29) is 5.69 Å². The molecule has 2 N–H and O–H groups in total. The Morgan fingerprint density at radius 1 is 1.00 bits per heavy atom. The molecule has 0 bridgehead atoms. The van der Waals surface area contributed by atoms with Crippen molar-refractivity contribution in [3.63, 3.8) is 0 Å². The zero-order chi connectivity index (χ0) is 24.7. The number of ether oxygens (including phenoxy) is 1. The van der Waals surface area contributed by atoms with Crippen LogP contribution in [0.5, 0.6) is 5.75 Å². The van der Waals surface area contributed by atoms with Crippen molar-refractivity contribution in [2.75, 3.05) is 18.0 Å². The van der Waals surface area contributed by atoms with Gasteiger partial charge in [0.15, 0.2) is 4.90 Å². The van der Waals surface area contributed by atoms with Crippen molar-refractivity contribution in [2.24, 2.45) is 0 Å². The van der Waals surface area contributed by atoms with Crippen molar-refractivity contribution in [3.05, 3.63) is 101 Å². The molecule has 3 rings (SSSR count). The smallest absolute Gasteiger partial charge is 0.289 e. The number of methoxy groups -OCH3 is 1. The van der Waals surface area contributed by atoms with Crippen LogP contribution in [-0.4, -0.2) is 32.9 Å². The number of carbonyl (C=O) groups is 1. The lowest BCUT2D eigenvalue weighted by Gasteiger charge is -2.24. The minimum atomic E-state index is -4.46. The second kappa shape index (κ2) is 10.5. The molecule has 0 aromatic heterocycles. The highest BCUT2D eigenvalue weighted by atomic mass is 32.2. The first-order chi connectivity index (χ1) is 16.2. The van der Waals surface area contributed by atoms with Gasteiger partial charge in [-0.3, -0.25) is 30.1 Å². The van der Waals surface area contributed by atoms with Crippen molar-refractivity contribution in [1.29, 1.82) is 0 Å². The first-order valence-corrected chi connectivity index (χ1v) is 11.4. The number of nitrogens with one attached hydrogen (secondary N) is 2. The number of hydrogen-bond acceptors (Lipinski definition) is 7. The predicted molar refractivity (Wildman–Crippen MR) is 127 cm³/mol. The Morgan fingerprint density at radius 3 is 2.24 bits per heavy atom. The summed E-state index contributed by atoms with van der Waals surface area (Å²) in [5, 5.41) is 11.4. The second-order valence-corrected chi connectivity index (χ2v) is 8.78. The van der Waals surface area contributed by atoms with E-state index in [4.69, 9.17) is 4.74 Å². The van der Waals surface area contributed by atoms with Gasteiger partial charge in [-0.25, -0.2) is 8.42 Å². The van der Waals surface area contributed by atoms with E-state index in [1.54, 1.807) is 49.6 Å². The molecule has 11 heteroatoms. The van der Waals surface area contributed by atoms with Gasteiger partial charge in [-0.2, -0.15) is 0 Å². The SMILES string of the molecule is C=C(NNC(=O)CN(c1ccccc1)S(=O)(=O)c1ccccc1[N+](=O)[O-])c1ccc(OC)cc1. The third kappa shape index (κ3) is 5.51. The molecule has 0 aliphatic carbocycles. The molecule has 34 heavy (non-hydrogen) atoms. The molecule has 0 aliphatic rings. The first-order valence-electron chi connectivity index (χ1n) is 9.93. The molecule has 0 spiro atoms. The third-order valence-corrected chi connectivity index (χ3v) is 6.57. The summed E-state index contributed by atoms with van der Waals surface area (Å²) in [5.41, 5.74) is 5.68. The number of nitro groups is 1. The zero-order valence-electron chi connectivity index (χ0n) is 18.2. The van der Waals surface area contributed by atoms with Gasteiger partial charge in [0.1, 0.15) is 12.3 Å². The molecule has 1 amide bonds. The van der Waals surface area contributed by atoms with Crippen LogP contribution in [0.4, 0.5) is 11.4 Å². The number of benzene rings is 3. The number of amides is 1. The molecule has 10 nitrogen and oxygen atoms in total. The normalized spacial score (nSPS) is 10.7. The van der Waals surface area contributed by atoms with Crippen LogP contribution < -0.4 is 19.9 Å². The van der Waals surface area contributed by atoms with Crippen molar-refractivity contribution in [2.45, 2.75) is 4.90 Å². The Labute approximate surface area is 196 Å². The molecule has 0 saturated carbocycles. The monoisotopic (exact) mass is 482 g/mol.